The molecule has 0 bridgehead atoms. The van der Waals surface area contributed by atoms with Crippen molar-refractivity contribution in [2.24, 2.45) is 5.73 Å². The average Bonchev–Trinajstić information content (AvgIpc) is 3.11. The maximum Gasteiger partial charge on any atom is 0.290 e. The van der Waals surface area contributed by atoms with Gasteiger partial charge in [-0.05, 0) is 50.8 Å². The van der Waals surface area contributed by atoms with Gasteiger partial charge in [-0.15, -0.1) is 6.58 Å². The van der Waals surface area contributed by atoms with Crippen LogP contribution in [-0.4, -0.2) is 97.5 Å². The number of nitrogens with two attached hydrogens (primary N) is 1. The van der Waals surface area contributed by atoms with Crippen LogP contribution in [0.3, 0.4) is 0 Å². The number of hydrogen-bond acceptors (Lipinski definition) is 8. The number of rotatable bonds is 14. The third-order valence-electron chi connectivity index (χ3n) is 6.21. The molecule has 1 unspecified atom stereocenters. The first-order valence-corrected chi connectivity index (χ1v) is 16.6. The van der Waals surface area contributed by atoms with Gasteiger partial charge in [0.2, 0.25) is 11.8 Å². The van der Waals surface area contributed by atoms with Crippen LogP contribution in [0.5, 0.6) is 0 Å². The standard InChI is InChI=1S/C17H27N5O2.C9H15F.C6H13N.C2H6.CH2O2.CH2O/c1-3-9-21-11-15(18)22(13-16(21)23)17(24)12-20(2)19-10-14-7-5-4-6-8-14;1-4-8(3)6-7-9(10)5-2;1-3-5-7-6-4-2;1-2;2-1-3;1-2/h4-8,15,19H,3,9-13,18H2,1-2H3;6-7H,4-5H2,1-3H3;3,7H,1,4-6H2,2H3;1-2H3;1H,(H,2,3);1H2/b;8-6+,9-7+;;;;. The molecule has 276 valence electrons. The average molecular weight is 681 g/mol. The van der Waals surface area contributed by atoms with Crippen LogP contribution in [-0.2, 0) is 25.7 Å². The summed E-state index contributed by atoms with van der Waals surface area (Å²) >= 11 is 0. The van der Waals surface area contributed by atoms with Crippen LogP contribution in [0.15, 0.2) is 66.5 Å². The van der Waals surface area contributed by atoms with E-state index in [1.54, 1.807) is 22.9 Å². The zero-order valence-corrected chi connectivity index (χ0v) is 30.8. The quantitative estimate of drug-likeness (QED) is 0.0675. The van der Waals surface area contributed by atoms with Crippen LogP contribution in [0, 0.1) is 0 Å². The molecular weight excluding hydrogens is 615 g/mol. The van der Waals surface area contributed by atoms with E-state index in [0.29, 0.717) is 26.1 Å². The summed E-state index contributed by atoms with van der Waals surface area (Å²) in [5.41, 5.74) is 11.6. The van der Waals surface area contributed by atoms with Gasteiger partial charge in [0.05, 0.1) is 25.1 Å². The molecule has 0 aromatic heterocycles. The lowest BCUT2D eigenvalue weighted by molar-refractivity contribution is -0.149. The number of likely N-dealkylation sites (N-methyl/N-ethyl adjacent to an activating group) is 1. The van der Waals surface area contributed by atoms with Crippen molar-refractivity contribution in [2.45, 2.75) is 86.9 Å². The minimum absolute atomic E-state index is 0.0354. The molecular formula is C36H65FN6O5. The smallest absolute Gasteiger partial charge is 0.290 e. The van der Waals surface area contributed by atoms with E-state index in [4.69, 9.17) is 20.4 Å². The van der Waals surface area contributed by atoms with E-state index in [9.17, 15) is 14.0 Å². The van der Waals surface area contributed by atoms with Crippen LogP contribution < -0.4 is 16.5 Å². The molecule has 0 spiro atoms. The van der Waals surface area contributed by atoms with Crippen LogP contribution in [0.4, 0.5) is 4.39 Å². The summed E-state index contributed by atoms with van der Waals surface area (Å²) in [6.45, 7) is 23.4. The lowest BCUT2D eigenvalue weighted by Gasteiger charge is -2.39. The molecule has 0 radical (unpaired) electrons. The highest BCUT2D eigenvalue weighted by atomic mass is 19.1. The molecule has 2 amide bonds. The van der Waals surface area contributed by atoms with Crippen LogP contribution in [0.1, 0.15) is 79.7 Å². The fourth-order valence-corrected chi connectivity index (χ4v) is 3.57. The number of nitrogens with one attached hydrogen (secondary N) is 2. The maximum absolute atomic E-state index is 12.4. The monoisotopic (exact) mass is 681 g/mol. The van der Waals surface area contributed by atoms with Crippen molar-refractivity contribution in [3.05, 3.63) is 72.1 Å². The van der Waals surface area contributed by atoms with E-state index >= 15 is 0 Å². The Labute approximate surface area is 290 Å². The first kappa shape index (κ1) is 51.1. The molecule has 2 rings (SSSR count). The number of hydrogen-bond donors (Lipinski definition) is 4. The number of nitrogens with zero attached hydrogens (tertiary/aromatic N) is 3. The highest BCUT2D eigenvalue weighted by Gasteiger charge is 2.32. The molecule has 1 saturated heterocycles. The highest BCUT2D eigenvalue weighted by Crippen LogP contribution is 2.09. The largest absolute Gasteiger partial charge is 0.483 e. The number of allylic oxidation sites excluding steroid dienone is 4. The molecule has 1 heterocycles. The van der Waals surface area contributed by atoms with E-state index < -0.39 is 6.17 Å². The third-order valence-corrected chi connectivity index (χ3v) is 6.21. The van der Waals surface area contributed by atoms with Crippen molar-refractivity contribution in [3.8, 4) is 0 Å². The SMILES string of the molecule is C=CCNCCC.C=O.CC.CC/C(C)=C/C=C(/F)CC.CCCN1CC(N)N(C(=O)CN(C)NCc2ccccc2)CC1=O.O=CO. The normalized spacial score (nSPS) is 13.8. The molecule has 12 heteroatoms. The van der Waals surface area contributed by atoms with Crippen LogP contribution >= 0.6 is 0 Å². The molecule has 1 aliphatic rings. The fraction of sp³-hybridized carbons (Fsp3) is 0.556. The molecule has 1 aromatic carbocycles. The molecule has 1 atom stereocenters. The second-order valence-corrected chi connectivity index (χ2v) is 10.0. The number of carbonyl (C=O) groups excluding carboxylic acids is 3. The van der Waals surface area contributed by atoms with E-state index in [1.165, 1.54) is 16.9 Å². The van der Waals surface area contributed by atoms with Gasteiger partial charge in [-0.1, -0.05) is 89.6 Å². The minimum Gasteiger partial charge on any atom is -0.483 e. The van der Waals surface area contributed by atoms with Crippen molar-refractivity contribution in [1.29, 1.82) is 0 Å². The van der Waals surface area contributed by atoms with Crippen molar-refractivity contribution >= 4 is 25.1 Å². The summed E-state index contributed by atoms with van der Waals surface area (Å²) in [6.07, 6.45) is 8.38. The Hall–Kier alpha value is -3.71. The Morgan fingerprint density at radius 2 is 1.69 bits per heavy atom. The fourth-order valence-electron chi connectivity index (χ4n) is 3.57. The van der Waals surface area contributed by atoms with Crippen LogP contribution in [0.25, 0.3) is 0 Å². The molecule has 5 N–H and O–H groups in total. The maximum atomic E-state index is 12.4. The highest BCUT2D eigenvalue weighted by molar-refractivity contribution is 5.87. The van der Waals surface area contributed by atoms with Gasteiger partial charge in [0.15, 0.2) is 0 Å². The van der Waals surface area contributed by atoms with Gasteiger partial charge in [-0.2, -0.15) is 0 Å². The van der Waals surface area contributed by atoms with Crippen molar-refractivity contribution in [1.82, 2.24) is 25.6 Å². The number of carboxylic acid groups (broad SMARTS) is 1. The van der Waals surface area contributed by atoms with Crippen molar-refractivity contribution in [3.63, 3.8) is 0 Å². The molecule has 0 saturated carbocycles. The van der Waals surface area contributed by atoms with Gasteiger partial charge in [-0.25, -0.2) is 9.40 Å². The zero-order chi connectivity index (χ0) is 37.8. The second kappa shape index (κ2) is 37.7. The third kappa shape index (κ3) is 29.7. The Balaban J connectivity index is -0.000000333. The first-order valence-electron chi connectivity index (χ1n) is 16.6. The number of amides is 2. The van der Waals surface area contributed by atoms with Crippen molar-refractivity contribution in [2.75, 3.05) is 46.3 Å². The van der Waals surface area contributed by atoms with Gasteiger partial charge in [0.1, 0.15) is 13.3 Å². The van der Waals surface area contributed by atoms with E-state index in [1.807, 2.05) is 84.0 Å². The summed E-state index contributed by atoms with van der Waals surface area (Å²) in [5, 5.41) is 11.8. The van der Waals surface area contributed by atoms with E-state index in [0.717, 1.165) is 31.5 Å². The zero-order valence-electron chi connectivity index (χ0n) is 30.8. The van der Waals surface area contributed by atoms with Crippen LogP contribution in [0.2, 0.25) is 0 Å². The molecule has 1 fully saturated rings. The Morgan fingerprint density at radius 1 is 1.10 bits per heavy atom. The van der Waals surface area contributed by atoms with Gasteiger partial charge in [0, 0.05) is 26.7 Å². The predicted octanol–water partition coefficient (Wildman–Crippen LogP) is 5.31. The number of benzene rings is 1. The number of halogens is 1. The van der Waals surface area contributed by atoms with Gasteiger partial charge in [-0.3, -0.25) is 19.8 Å². The summed E-state index contributed by atoms with van der Waals surface area (Å²) in [4.78, 5) is 44.1. The Morgan fingerprint density at radius 3 is 2.17 bits per heavy atom. The first-order chi connectivity index (χ1) is 23.0. The number of carbonyl (C=O) groups is 4. The lowest BCUT2D eigenvalue weighted by atomic mass is 10.2. The molecule has 0 aliphatic carbocycles. The molecule has 48 heavy (non-hydrogen) atoms. The van der Waals surface area contributed by atoms with Gasteiger partial charge < -0.3 is 30.8 Å². The summed E-state index contributed by atoms with van der Waals surface area (Å²) < 4.78 is 12.4. The lowest BCUT2D eigenvalue weighted by Crippen LogP contribution is -2.62. The van der Waals surface area contributed by atoms with E-state index in [2.05, 4.69) is 31.2 Å². The summed E-state index contributed by atoms with van der Waals surface area (Å²) in [7, 11) is 1.81. The summed E-state index contributed by atoms with van der Waals surface area (Å²) in [6, 6.07) is 9.95. The Bertz CT molecular complexity index is 976. The minimum atomic E-state index is -0.440. The van der Waals surface area contributed by atoms with Gasteiger partial charge >= 0.3 is 0 Å². The Kier molecular flexibility index (Phi) is 40.2. The second-order valence-electron chi connectivity index (χ2n) is 10.0. The number of hydrazine groups is 1. The topological polar surface area (TPSA) is 148 Å². The predicted molar refractivity (Wildman–Crippen MR) is 197 cm³/mol. The van der Waals surface area contributed by atoms with Gasteiger partial charge in [0.25, 0.3) is 6.47 Å². The van der Waals surface area contributed by atoms with E-state index in [-0.39, 0.29) is 37.2 Å². The number of piperazine rings is 1. The molecule has 11 nitrogen and oxygen atoms in total. The molecule has 1 aliphatic heterocycles. The molecule has 1 aromatic rings. The van der Waals surface area contributed by atoms with Crippen molar-refractivity contribution < 1.29 is 28.7 Å². The summed E-state index contributed by atoms with van der Waals surface area (Å²) in [5.74, 6) is -0.227.